The van der Waals surface area contributed by atoms with E-state index in [9.17, 15) is 18.0 Å². The number of hydrogen-bond acceptors (Lipinski definition) is 6. The molecule has 0 fully saturated rings. The first kappa shape index (κ1) is 31.1. The van der Waals surface area contributed by atoms with Gasteiger partial charge in [-0.3, -0.25) is 13.9 Å². The van der Waals surface area contributed by atoms with E-state index in [4.69, 9.17) is 16.7 Å². The third kappa shape index (κ3) is 7.50. The molecule has 0 atom stereocenters. The molecule has 0 saturated heterocycles. The first-order valence-electron chi connectivity index (χ1n) is 13.7. The number of halogens is 1. The van der Waals surface area contributed by atoms with Gasteiger partial charge in [-0.05, 0) is 74.5 Å². The van der Waals surface area contributed by atoms with Gasteiger partial charge in [0.1, 0.15) is 0 Å². The van der Waals surface area contributed by atoms with Crippen LogP contribution in [0.3, 0.4) is 0 Å². The largest absolute Gasteiger partial charge is 0.481 e. The van der Waals surface area contributed by atoms with Crippen molar-refractivity contribution < 1.29 is 23.1 Å². The molecular formula is C31H35ClN4O5S. The number of aliphatic carboxylic acids is 1. The molecular weight excluding hydrogens is 576 g/mol. The van der Waals surface area contributed by atoms with Crippen molar-refractivity contribution in [3.63, 3.8) is 0 Å². The van der Waals surface area contributed by atoms with E-state index in [1.54, 1.807) is 42.5 Å². The number of hydrogen-bond donors (Lipinski definition) is 3. The fourth-order valence-corrected chi connectivity index (χ4v) is 6.42. The van der Waals surface area contributed by atoms with Crippen LogP contribution in [0.25, 0.3) is 11.3 Å². The first-order valence-corrected chi connectivity index (χ1v) is 15.7. The molecule has 4 rings (SSSR count). The lowest BCUT2D eigenvalue weighted by molar-refractivity contribution is -0.137. The number of nitrogens with zero attached hydrogens (tertiary/aromatic N) is 2. The van der Waals surface area contributed by atoms with Crippen molar-refractivity contribution in [2.24, 2.45) is 0 Å². The van der Waals surface area contributed by atoms with Gasteiger partial charge in [-0.2, -0.15) is 0 Å². The summed E-state index contributed by atoms with van der Waals surface area (Å²) in [5.74, 6) is -1.10. The van der Waals surface area contributed by atoms with Crippen molar-refractivity contribution in [1.82, 2.24) is 4.90 Å². The van der Waals surface area contributed by atoms with E-state index in [0.29, 0.717) is 64.8 Å². The van der Waals surface area contributed by atoms with E-state index < -0.39 is 16.0 Å². The van der Waals surface area contributed by atoms with Crippen LogP contribution in [0.2, 0.25) is 5.02 Å². The second kappa shape index (κ2) is 13.4. The lowest BCUT2D eigenvalue weighted by Crippen LogP contribution is -2.38. The molecule has 0 radical (unpaired) electrons. The molecule has 1 aliphatic heterocycles. The predicted molar refractivity (Wildman–Crippen MR) is 169 cm³/mol. The maximum absolute atomic E-state index is 13.2. The van der Waals surface area contributed by atoms with Gasteiger partial charge in [-0.1, -0.05) is 48.9 Å². The van der Waals surface area contributed by atoms with Crippen LogP contribution in [0, 0.1) is 0 Å². The van der Waals surface area contributed by atoms with Gasteiger partial charge in [0.2, 0.25) is 10.0 Å². The smallest absolute Gasteiger partial charge is 0.303 e. The van der Waals surface area contributed by atoms with Crippen LogP contribution >= 0.6 is 11.6 Å². The summed E-state index contributed by atoms with van der Waals surface area (Å²) in [6.07, 6.45) is 0.929. The van der Waals surface area contributed by atoms with Crippen LogP contribution in [0.4, 0.5) is 17.1 Å². The Kier molecular flexibility index (Phi) is 9.93. The number of carboxylic acid groups (broad SMARTS) is 1. The molecule has 11 heteroatoms. The van der Waals surface area contributed by atoms with Gasteiger partial charge in [0.05, 0.1) is 28.4 Å². The highest BCUT2D eigenvalue weighted by Crippen LogP contribution is 2.39. The zero-order valence-electron chi connectivity index (χ0n) is 23.9. The average Bonchev–Trinajstić information content (AvgIpc) is 3.25. The number of amides is 1. The van der Waals surface area contributed by atoms with Gasteiger partial charge in [0.25, 0.3) is 5.91 Å². The van der Waals surface area contributed by atoms with E-state index in [1.165, 1.54) is 4.31 Å². The van der Waals surface area contributed by atoms with E-state index >= 15 is 0 Å². The highest BCUT2D eigenvalue weighted by molar-refractivity contribution is 7.92. The van der Waals surface area contributed by atoms with E-state index in [1.807, 2.05) is 50.2 Å². The molecule has 1 heterocycles. The van der Waals surface area contributed by atoms with Gasteiger partial charge < -0.3 is 20.6 Å². The molecule has 1 amide bonds. The van der Waals surface area contributed by atoms with Crippen molar-refractivity contribution in [3.8, 4) is 0 Å². The first-order chi connectivity index (χ1) is 20.0. The van der Waals surface area contributed by atoms with E-state index in [2.05, 4.69) is 10.6 Å². The zero-order valence-corrected chi connectivity index (χ0v) is 25.4. The number of carbonyl (C=O) groups is 2. The minimum atomic E-state index is -3.50. The van der Waals surface area contributed by atoms with Crippen LogP contribution in [0.5, 0.6) is 0 Å². The molecule has 0 saturated carbocycles. The second-order valence-corrected chi connectivity index (χ2v) is 12.8. The maximum Gasteiger partial charge on any atom is 0.303 e. The third-order valence-electron chi connectivity index (χ3n) is 6.82. The Morgan fingerprint density at radius 2 is 1.69 bits per heavy atom. The lowest BCUT2D eigenvalue weighted by Gasteiger charge is -2.26. The van der Waals surface area contributed by atoms with Crippen molar-refractivity contribution in [2.75, 3.05) is 47.9 Å². The molecule has 0 aromatic heterocycles. The molecule has 3 N–H and O–H groups in total. The number of fused-ring (bicyclic) bond motifs is 1. The molecule has 0 spiro atoms. The number of sulfonamides is 1. The van der Waals surface area contributed by atoms with E-state index in [-0.39, 0.29) is 18.1 Å². The molecule has 42 heavy (non-hydrogen) atoms. The van der Waals surface area contributed by atoms with Crippen LogP contribution < -0.4 is 14.9 Å². The summed E-state index contributed by atoms with van der Waals surface area (Å²) >= 11 is 6.17. The zero-order chi connectivity index (χ0) is 30.4. The fourth-order valence-electron chi connectivity index (χ4n) is 4.70. The normalized spacial score (nSPS) is 14.0. The van der Waals surface area contributed by atoms with Crippen LogP contribution in [0.15, 0.2) is 66.7 Å². The number of anilines is 3. The number of likely N-dealkylation sites (N-methyl/N-ethyl adjacent to an activating group) is 1. The summed E-state index contributed by atoms with van der Waals surface area (Å²) < 4.78 is 27.5. The van der Waals surface area contributed by atoms with Crippen LogP contribution in [-0.4, -0.2) is 63.2 Å². The number of nitrogens with one attached hydrogen (secondary N) is 2. The van der Waals surface area contributed by atoms with Gasteiger partial charge in [-0.15, -0.1) is 0 Å². The topological polar surface area (TPSA) is 119 Å². The summed E-state index contributed by atoms with van der Waals surface area (Å²) in [6.45, 7) is 2.74. The number of aryl methyl sites for hydroxylation is 1. The van der Waals surface area contributed by atoms with Gasteiger partial charge in [0, 0.05) is 35.8 Å². The Bertz CT molecular complexity index is 1590. The number of benzene rings is 3. The van der Waals surface area contributed by atoms with E-state index in [0.717, 1.165) is 11.1 Å². The number of carboxylic acids is 1. The van der Waals surface area contributed by atoms with Crippen LogP contribution in [0.1, 0.15) is 36.5 Å². The average molecular weight is 611 g/mol. The molecule has 9 nitrogen and oxygen atoms in total. The quantitative estimate of drug-likeness (QED) is 0.222. The Morgan fingerprint density at radius 1 is 1.00 bits per heavy atom. The summed E-state index contributed by atoms with van der Waals surface area (Å²) in [7, 11) is 0.304. The maximum atomic E-state index is 13.2. The second-order valence-electron chi connectivity index (χ2n) is 10.3. The molecule has 3 aromatic carbocycles. The standard InChI is InChI=1S/C31H35ClN4O5S/c1-4-19-42(40,41)36(18-17-35(2)3)25-13-11-24(12-14-25)33-30(22-8-5-21(6-9-22)7-16-28(37)38)29-26-15-10-23(32)20-27(26)34-31(29)39/h5-6,8-15,20,33H,4,7,16-19H2,1-3H3,(H,34,39)(H,37,38)/b30-29-. The summed E-state index contributed by atoms with van der Waals surface area (Å²) in [5, 5.41) is 15.8. The molecule has 3 aromatic rings. The summed E-state index contributed by atoms with van der Waals surface area (Å²) in [6, 6.07) is 19.7. The summed E-state index contributed by atoms with van der Waals surface area (Å²) in [4.78, 5) is 26.2. The molecule has 0 bridgehead atoms. The van der Waals surface area contributed by atoms with Crippen molar-refractivity contribution in [2.45, 2.75) is 26.2 Å². The van der Waals surface area contributed by atoms with Gasteiger partial charge in [0.15, 0.2) is 0 Å². The molecule has 0 aliphatic carbocycles. The Morgan fingerprint density at radius 3 is 2.31 bits per heavy atom. The lowest BCUT2D eigenvalue weighted by atomic mass is 9.98. The van der Waals surface area contributed by atoms with Crippen molar-refractivity contribution >= 4 is 61.8 Å². The molecule has 222 valence electrons. The predicted octanol–water partition coefficient (Wildman–Crippen LogP) is 5.40. The van der Waals surface area contributed by atoms with Crippen LogP contribution in [-0.2, 0) is 26.0 Å². The Hall–Kier alpha value is -3.86. The minimum absolute atomic E-state index is 0.0218. The van der Waals surface area contributed by atoms with Gasteiger partial charge in [-0.25, -0.2) is 8.42 Å². The number of rotatable bonds is 13. The third-order valence-corrected chi connectivity index (χ3v) is 9.04. The SMILES string of the molecule is CCCS(=O)(=O)N(CCN(C)C)c1ccc(N/C(=C2\C(=O)Nc3cc(Cl)ccc32)c2ccc(CCC(=O)O)cc2)cc1. The summed E-state index contributed by atoms with van der Waals surface area (Å²) in [5.41, 5.74) is 5.09. The minimum Gasteiger partial charge on any atom is -0.481 e. The Balaban J connectivity index is 1.72. The Labute approximate surface area is 251 Å². The van der Waals surface area contributed by atoms with Crippen molar-refractivity contribution in [3.05, 3.63) is 88.4 Å². The highest BCUT2D eigenvalue weighted by atomic mass is 35.5. The van der Waals surface area contributed by atoms with Crippen molar-refractivity contribution in [1.29, 1.82) is 0 Å². The monoisotopic (exact) mass is 610 g/mol. The fraction of sp³-hybridized carbons (Fsp3) is 0.290. The van der Waals surface area contributed by atoms with Gasteiger partial charge >= 0.3 is 5.97 Å². The molecule has 0 unspecified atom stereocenters. The number of carbonyl (C=O) groups excluding carboxylic acids is 1. The highest BCUT2D eigenvalue weighted by Gasteiger charge is 2.29. The molecule has 1 aliphatic rings.